The molecule has 17 heavy (non-hydrogen) atoms. The molecule has 1 aromatic carbocycles. The predicted octanol–water partition coefficient (Wildman–Crippen LogP) is 2.38. The Morgan fingerprint density at radius 1 is 1.53 bits per heavy atom. The molecule has 0 radical (unpaired) electrons. The molecule has 1 saturated heterocycles. The molecule has 0 aromatic heterocycles. The van der Waals surface area contributed by atoms with Crippen molar-refractivity contribution in [3.63, 3.8) is 0 Å². The Kier molecular flexibility index (Phi) is 3.43. The smallest absolute Gasteiger partial charge is 0.338 e. The van der Waals surface area contributed by atoms with Gasteiger partial charge in [-0.25, -0.2) is 9.18 Å². The highest BCUT2D eigenvalue weighted by atomic mass is 19.1. The molecule has 0 unspecified atom stereocenters. The van der Waals surface area contributed by atoms with E-state index in [0.29, 0.717) is 12.0 Å². The van der Waals surface area contributed by atoms with Crippen molar-refractivity contribution in [3.8, 4) is 0 Å². The van der Waals surface area contributed by atoms with Gasteiger partial charge in [-0.15, -0.1) is 0 Å². The van der Waals surface area contributed by atoms with Gasteiger partial charge in [0.1, 0.15) is 5.82 Å². The van der Waals surface area contributed by atoms with E-state index in [1.165, 1.54) is 12.1 Å². The van der Waals surface area contributed by atoms with E-state index < -0.39 is 11.8 Å². The van der Waals surface area contributed by atoms with Crippen molar-refractivity contribution in [2.45, 2.75) is 31.7 Å². The summed E-state index contributed by atoms with van der Waals surface area (Å²) in [7, 11) is 0. The summed E-state index contributed by atoms with van der Waals surface area (Å²) < 4.78 is 13.3. The minimum absolute atomic E-state index is 0.228. The van der Waals surface area contributed by atoms with E-state index in [1.54, 1.807) is 6.07 Å². The van der Waals surface area contributed by atoms with Gasteiger partial charge in [-0.05, 0) is 49.9 Å². The van der Waals surface area contributed by atoms with Crippen molar-refractivity contribution in [1.29, 1.82) is 0 Å². The van der Waals surface area contributed by atoms with Crippen molar-refractivity contribution in [1.82, 2.24) is 5.32 Å². The largest absolute Gasteiger partial charge is 0.478 e. The molecule has 1 aliphatic rings. The number of carboxylic acids is 1. The number of halogens is 1. The molecule has 0 aliphatic carbocycles. The van der Waals surface area contributed by atoms with Gasteiger partial charge in [-0.1, -0.05) is 6.07 Å². The maximum Gasteiger partial charge on any atom is 0.338 e. The molecule has 2 rings (SSSR count). The van der Waals surface area contributed by atoms with Crippen LogP contribution in [0, 0.1) is 5.82 Å². The molecule has 92 valence electrons. The van der Waals surface area contributed by atoms with Crippen LogP contribution in [-0.2, 0) is 0 Å². The first kappa shape index (κ1) is 12.0. The summed E-state index contributed by atoms with van der Waals surface area (Å²) in [6, 6.07) is 4.85. The summed E-state index contributed by atoms with van der Waals surface area (Å²) in [5.41, 5.74) is 0.700. The van der Waals surface area contributed by atoms with Gasteiger partial charge in [0.05, 0.1) is 5.56 Å². The maximum atomic E-state index is 13.3. The van der Waals surface area contributed by atoms with E-state index >= 15 is 0 Å². The summed E-state index contributed by atoms with van der Waals surface area (Å²) in [6.45, 7) is 3.03. The topological polar surface area (TPSA) is 49.3 Å². The van der Waals surface area contributed by atoms with Crippen molar-refractivity contribution < 1.29 is 14.3 Å². The van der Waals surface area contributed by atoms with Crippen molar-refractivity contribution in [3.05, 3.63) is 35.1 Å². The molecule has 1 aromatic rings. The number of carboxylic acid groups (broad SMARTS) is 1. The van der Waals surface area contributed by atoms with Gasteiger partial charge in [-0.2, -0.15) is 0 Å². The molecule has 1 fully saturated rings. The Morgan fingerprint density at radius 2 is 2.29 bits per heavy atom. The van der Waals surface area contributed by atoms with Gasteiger partial charge in [0.15, 0.2) is 0 Å². The Balaban J connectivity index is 2.26. The summed E-state index contributed by atoms with van der Waals surface area (Å²) in [5, 5.41) is 12.2. The van der Waals surface area contributed by atoms with Gasteiger partial charge >= 0.3 is 5.97 Å². The van der Waals surface area contributed by atoms with Crippen LogP contribution in [0.3, 0.4) is 0 Å². The average Bonchev–Trinajstić information content (AvgIpc) is 2.29. The zero-order valence-electron chi connectivity index (χ0n) is 9.74. The molecule has 0 amide bonds. The number of piperidine rings is 1. The molecule has 1 aliphatic heterocycles. The van der Waals surface area contributed by atoms with Gasteiger partial charge in [0.2, 0.25) is 0 Å². The number of hydrogen-bond acceptors (Lipinski definition) is 2. The Hall–Kier alpha value is -1.42. The Bertz CT molecular complexity index is 433. The van der Waals surface area contributed by atoms with E-state index in [2.05, 4.69) is 12.2 Å². The molecule has 0 saturated carbocycles. The summed E-state index contributed by atoms with van der Waals surface area (Å²) in [5.74, 6) is -1.54. The van der Waals surface area contributed by atoms with E-state index in [1.807, 2.05) is 0 Å². The van der Waals surface area contributed by atoms with Gasteiger partial charge in [0.25, 0.3) is 0 Å². The van der Waals surface area contributed by atoms with Gasteiger partial charge in [0, 0.05) is 6.04 Å². The zero-order chi connectivity index (χ0) is 12.4. The molecule has 4 heteroatoms. The summed E-state index contributed by atoms with van der Waals surface area (Å²) in [4.78, 5) is 10.9. The molecular weight excluding hydrogens is 221 g/mol. The minimum Gasteiger partial charge on any atom is -0.478 e. The quantitative estimate of drug-likeness (QED) is 0.830. The maximum absolute atomic E-state index is 13.3. The first-order valence-electron chi connectivity index (χ1n) is 5.84. The number of hydrogen-bond donors (Lipinski definition) is 2. The first-order chi connectivity index (χ1) is 8.08. The molecule has 1 heterocycles. The number of nitrogens with one attached hydrogen (secondary N) is 1. The fourth-order valence-corrected chi connectivity index (χ4v) is 2.40. The molecule has 2 atom stereocenters. The van der Waals surface area contributed by atoms with Gasteiger partial charge < -0.3 is 10.4 Å². The fourth-order valence-electron chi connectivity index (χ4n) is 2.40. The second-order valence-corrected chi connectivity index (χ2v) is 4.62. The highest BCUT2D eigenvalue weighted by molar-refractivity contribution is 5.88. The molecule has 0 spiro atoms. The normalized spacial score (nSPS) is 24.6. The van der Waals surface area contributed by atoms with E-state index in [0.717, 1.165) is 24.9 Å². The third-order valence-corrected chi connectivity index (χ3v) is 3.32. The monoisotopic (exact) mass is 237 g/mol. The standard InChI is InChI=1S/C13H16FNO2/c1-8-6-10(4-5-15-8)9-2-3-12(14)11(7-9)13(16)17/h2-3,7-8,10,15H,4-6H2,1H3,(H,16,17)/t8-,10+/m0/s1. The summed E-state index contributed by atoms with van der Waals surface area (Å²) >= 11 is 0. The average molecular weight is 237 g/mol. The number of rotatable bonds is 2. The SMILES string of the molecule is C[C@H]1C[C@H](c2ccc(F)c(C(=O)O)c2)CCN1. The Morgan fingerprint density at radius 3 is 2.94 bits per heavy atom. The van der Waals surface area contributed by atoms with Crippen LogP contribution in [0.15, 0.2) is 18.2 Å². The number of benzene rings is 1. The van der Waals surface area contributed by atoms with Crippen molar-refractivity contribution in [2.24, 2.45) is 0 Å². The summed E-state index contributed by atoms with van der Waals surface area (Å²) in [6.07, 6.45) is 1.93. The number of carbonyl (C=O) groups is 1. The zero-order valence-corrected chi connectivity index (χ0v) is 9.74. The van der Waals surface area contributed by atoms with Crippen molar-refractivity contribution >= 4 is 5.97 Å². The van der Waals surface area contributed by atoms with E-state index in [-0.39, 0.29) is 5.56 Å². The van der Waals surface area contributed by atoms with Crippen LogP contribution >= 0.6 is 0 Å². The van der Waals surface area contributed by atoms with Crippen LogP contribution in [0.2, 0.25) is 0 Å². The second-order valence-electron chi connectivity index (χ2n) is 4.62. The molecular formula is C13H16FNO2. The lowest BCUT2D eigenvalue weighted by Gasteiger charge is -2.28. The lowest BCUT2D eigenvalue weighted by Crippen LogP contribution is -2.34. The highest BCUT2D eigenvalue weighted by Gasteiger charge is 2.21. The predicted molar refractivity (Wildman–Crippen MR) is 62.8 cm³/mol. The molecule has 2 N–H and O–H groups in total. The van der Waals surface area contributed by atoms with Crippen molar-refractivity contribution in [2.75, 3.05) is 6.54 Å². The lowest BCUT2D eigenvalue weighted by molar-refractivity contribution is 0.0691. The molecule has 3 nitrogen and oxygen atoms in total. The van der Waals surface area contributed by atoms with Crippen LogP contribution in [0.5, 0.6) is 0 Å². The highest BCUT2D eigenvalue weighted by Crippen LogP contribution is 2.28. The fraction of sp³-hybridized carbons (Fsp3) is 0.462. The minimum atomic E-state index is -1.20. The van der Waals surface area contributed by atoms with Crippen LogP contribution in [-0.4, -0.2) is 23.7 Å². The van der Waals surface area contributed by atoms with Crippen LogP contribution in [0.25, 0.3) is 0 Å². The number of aromatic carboxylic acids is 1. The Labute approximate surface area is 99.7 Å². The van der Waals surface area contributed by atoms with E-state index in [9.17, 15) is 9.18 Å². The molecule has 0 bridgehead atoms. The van der Waals surface area contributed by atoms with Crippen LogP contribution in [0.4, 0.5) is 4.39 Å². The van der Waals surface area contributed by atoms with Gasteiger partial charge in [-0.3, -0.25) is 0 Å². The first-order valence-corrected chi connectivity index (χ1v) is 5.84. The third-order valence-electron chi connectivity index (χ3n) is 3.32. The lowest BCUT2D eigenvalue weighted by atomic mass is 9.86. The van der Waals surface area contributed by atoms with E-state index in [4.69, 9.17) is 5.11 Å². The third kappa shape index (κ3) is 2.64. The second kappa shape index (κ2) is 4.84. The van der Waals surface area contributed by atoms with Crippen LogP contribution < -0.4 is 5.32 Å². The van der Waals surface area contributed by atoms with Crippen LogP contribution in [0.1, 0.15) is 41.6 Å².